The van der Waals surface area contributed by atoms with Gasteiger partial charge >= 0.3 is 0 Å². The monoisotopic (exact) mass is 544 g/mol. The number of piperazine rings is 1. The van der Waals surface area contributed by atoms with Gasteiger partial charge in [-0.25, -0.2) is 5.48 Å². The zero-order chi connectivity index (χ0) is 28.4. The molecule has 214 valence electrons. The van der Waals surface area contributed by atoms with Gasteiger partial charge in [-0.2, -0.15) is 0 Å². The van der Waals surface area contributed by atoms with Crippen LogP contribution in [-0.4, -0.2) is 71.6 Å². The summed E-state index contributed by atoms with van der Waals surface area (Å²) in [5.41, 5.74) is 5.99. The van der Waals surface area contributed by atoms with Crippen LogP contribution in [-0.2, 0) is 14.4 Å². The van der Waals surface area contributed by atoms with Crippen molar-refractivity contribution in [1.82, 2.24) is 15.3 Å². The van der Waals surface area contributed by atoms with Crippen LogP contribution in [0.1, 0.15) is 69.7 Å². The van der Waals surface area contributed by atoms with Crippen LogP contribution in [0.3, 0.4) is 0 Å². The van der Waals surface area contributed by atoms with E-state index in [1.165, 1.54) is 0 Å². The Kier molecular flexibility index (Phi) is 8.39. The lowest BCUT2D eigenvalue weighted by atomic mass is 9.58. The highest BCUT2D eigenvalue weighted by molar-refractivity contribution is 5.96. The molecule has 11 heteroatoms. The van der Waals surface area contributed by atoms with E-state index in [1.54, 1.807) is 33.5 Å². The molecule has 2 heterocycles. The molecular formula is C28H40N4O7. The maximum atomic E-state index is 14.2. The Bertz CT molecular complexity index is 1100. The number of nitrogens with two attached hydrogens (primary N) is 1. The second kappa shape index (κ2) is 11.4. The second-order valence-electron chi connectivity index (χ2n) is 12.1. The number of hydrogen-bond acceptors (Lipinski definition) is 7. The number of nitrogens with zero attached hydrogens (tertiary/aromatic N) is 2. The number of rotatable bonds is 8. The maximum Gasteiger partial charge on any atom is 0.254 e. The fraction of sp³-hybridized carbons (Fsp3) is 0.643. The molecule has 3 aliphatic rings. The SMILES string of the molecule is CC(C)(C)[C@H](C(=O)N1CCN(C(=O)c2ccc3c(c2)OCO3)CC1)C(CC(=O)NO)(CC1CCCC1)C(N)=O. The molecule has 0 aromatic heterocycles. The summed E-state index contributed by atoms with van der Waals surface area (Å²) in [4.78, 5) is 56.5. The van der Waals surface area contributed by atoms with E-state index in [4.69, 9.17) is 15.2 Å². The zero-order valence-corrected chi connectivity index (χ0v) is 23.0. The Morgan fingerprint density at radius 3 is 2.23 bits per heavy atom. The van der Waals surface area contributed by atoms with Crippen molar-refractivity contribution >= 4 is 23.6 Å². The van der Waals surface area contributed by atoms with Crippen molar-refractivity contribution in [1.29, 1.82) is 0 Å². The normalized spacial score (nSPS) is 19.9. The molecule has 4 N–H and O–H groups in total. The fourth-order valence-corrected chi connectivity index (χ4v) is 6.64. The highest BCUT2D eigenvalue weighted by Gasteiger charge is 2.56. The van der Waals surface area contributed by atoms with Gasteiger partial charge in [-0.3, -0.25) is 24.4 Å². The number of hydrogen-bond donors (Lipinski definition) is 3. The molecule has 4 amide bonds. The van der Waals surface area contributed by atoms with Crippen LogP contribution in [0, 0.1) is 22.7 Å². The third-order valence-corrected chi connectivity index (χ3v) is 8.38. The Morgan fingerprint density at radius 2 is 1.64 bits per heavy atom. The topological polar surface area (TPSA) is 152 Å². The van der Waals surface area contributed by atoms with Crippen LogP contribution in [0.25, 0.3) is 0 Å². The minimum Gasteiger partial charge on any atom is -0.454 e. The average molecular weight is 545 g/mol. The van der Waals surface area contributed by atoms with E-state index in [0.29, 0.717) is 36.6 Å². The molecule has 0 spiro atoms. The molecule has 0 radical (unpaired) electrons. The summed E-state index contributed by atoms with van der Waals surface area (Å²) in [5.74, 6) is -1.48. The van der Waals surface area contributed by atoms with E-state index >= 15 is 0 Å². The molecule has 2 fully saturated rings. The highest BCUT2D eigenvalue weighted by Crippen LogP contribution is 2.50. The molecular weight excluding hydrogens is 504 g/mol. The first-order valence-corrected chi connectivity index (χ1v) is 13.7. The minimum absolute atomic E-state index is 0.121. The van der Waals surface area contributed by atoms with Crippen molar-refractivity contribution in [2.75, 3.05) is 33.0 Å². The number of fused-ring (bicyclic) bond motifs is 1. The van der Waals surface area contributed by atoms with Crippen LogP contribution >= 0.6 is 0 Å². The van der Waals surface area contributed by atoms with Gasteiger partial charge in [0.25, 0.3) is 5.91 Å². The number of amides is 4. The third-order valence-electron chi connectivity index (χ3n) is 8.38. The summed E-state index contributed by atoms with van der Waals surface area (Å²) in [6, 6.07) is 5.06. The summed E-state index contributed by atoms with van der Waals surface area (Å²) in [7, 11) is 0. The number of carbonyl (C=O) groups is 4. The molecule has 1 aromatic rings. The van der Waals surface area contributed by atoms with E-state index in [1.807, 2.05) is 20.8 Å². The summed E-state index contributed by atoms with van der Waals surface area (Å²) in [6.45, 7) is 6.95. The van der Waals surface area contributed by atoms with Crippen LogP contribution < -0.4 is 20.7 Å². The van der Waals surface area contributed by atoms with E-state index in [0.717, 1.165) is 25.7 Å². The van der Waals surface area contributed by atoms with Crippen molar-refractivity contribution in [3.8, 4) is 11.5 Å². The van der Waals surface area contributed by atoms with E-state index in [2.05, 4.69) is 0 Å². The lowest BCUT2D eigenvalue weighted by molar-refractivity contribution is -0.159. The van der Waals surface area contributed by atoms with Crippen LogP contribution in [0.4, 0.5) is 0 Å². The molecule has 4 rings (SSSR count). The maximum absolute atomic E-state index is 14.2. The molecule has 1 unspecified atom stereocenters. The first-order chi connectivity index (χ1) is 18.5. The smallest absolute Gasteiger partial charge is 0.254 e. The van der Waals surface area contributed by atoms with Gasteiger partial charge in [-0.05, 0) is 36.0 Å². The first kappa shape index (κ1) is 28.7. The van der Waals surface area contributed by atoms with Crippen molar-refractivity contribution in [3.63, 3.8) is 0 Å². The molecule has 2 atom stereocenters. The van der Waals surface area contributed by atoms with E-state index in [9.17, 15) is 24.4 Å². The molecule has 39 heavy (non-hydrogen) atoms. The molecule has 1 saturated carbocycles. The molecule has 0 bridgehead atoms. The summed E-state index contributed by atoms with van der Waals surface area (Å²) < 4.78 is 10.7. The Morgan fingerprint density at radius 1 is 1.03 bits per heavy atom. The van der Waals surface area contributed by atoms with Crippen molar-refractivity contribution in [2.24, 2.45) is 28.4 Å². The van der Waals surface area contributed by atoms with Crippen LogP contribution in [0.15, 0.2) is 18.2 Å². The van der Waals surface area contributed by atoms with Crippen LogP contribution in [0.5, 0.6) is 11.5 Å². The lowest BCUT2D eigenvalue weighted by Gasteiger charge is -2.47. The molecule has 1 saturated heterocycles. The third kappa shape index (κ3) is 5.98. The predicted octanol–water partition coefficient (Wildman–Crippen LogP) is 2.31. The minimum atomic E-state index is -1.46. The Labute approximate surface area is 228 Å². The van der Waals surface area contributed by atoms with Crippen molar-refractivity contribution < 1.29 is 33.9 Å². The van der Waals surface area contributed by atoms with Gasteiger partial charge in [0.1, 0.15) is 0 Å². The fourth-order valence-electron chi connectivity index (χ4n) is 6.64. The van der Waals surface area contributed by atoms with Crippen LogP contribution in [0.2, 0.25) is 0 Å². The van der Waals surface area contributed by atoms with Crippen molar-refractivity contribution in [2.45, 2.75) is 59.3 Å². The summed E-state index contributed by atoms with van der Waals surface area (Å²) in [6.07, 6.45) is 3.80. The standard InChI is InChI=1S/C28H40N4O7/c1-27(2,3)23(28(26(29)36,16-22(33)30-37)15-18-6-4-5-7-18)25(35)32-12-10-31(11-13-32)24(34)19-8-9-20-21(14-19)39-17-38-20/h8-9,14,18,23,37H,4-7,10-13,15-17H2,1-3H3,(H2,29,36)(H,30,33)/t23-,28?/m0/s1. The van der Waals surface area contributed by atoms with Gasteiger partial charge in [-0.1, -0.05) is 46.5 Å². The predicted molar refractivity (Wildman–Crippen MR) is 141 cm³/mol. The van der Waals surface area contributed by atoms with Gasteiger partial charge < -0.3 is 25.0 Å². The molecule has 1 aromatic carbocycles. The zero-order valence-electron chi connectivity index (χ0n) is 23.0. The van der Waals surface area contributed by atoms with Gasteiger partial charge in [0.15, 0.2) is 11.5 Å². The molecule has 11 nitrogen and oxygen atoms in total. The summed E-state index contributed by atoms with van der Waals surface area (Å²) in [5, 5.41) is 9.34. The van der Waals surface area contributed by atoms with Crippen molar-refractivity contribution in [3.05, 3.63) is 23.8 Å². The van der Waals surface area contributed by atoms with E-state index < -0.39 is 28.6 Å². The van der Waals surface area contributed by atoms with Gasteiger partial charge in [0.2, 0.25) is 24.5 Å². The lowest BCUT2D eigenvalue weighted by Crippen LogP contribution is -2.59. The van der Waals surface area contributed by atoms with E-state index in [-0.39, 0.29) is 44.0 Å². The second-order valence-corrected chi connectivity index (χ2v) is 12.1. The number of primary amides is 1. The Balaban J connectivity index is 1.55. The number of benzene rings is 1. The molecule has 2 aliphatic heterocycles. The quantitative estimate of drug-likeness (QED) is 0.335. The first-order valence-electron chi connectivity index (χ1n) is 13.7. The number of ether oxygens (including phenoxy) is 2. The average Bonchev–Trinajstić information content (AvgIpc) is 3.58. The van der Waals surface area contributed by atoms with Gasteiger partial charge in [-0.15, -0.1) is 0 Å². The Hall–Kier alpha value is -3.34. The van der Waals surface area contributed by atoms with Gasteiger partial charge in [0, 0.05) is 38.2 Å². The largest absolute Gasteiger partial charge is 0.454 e. The molecule has 1 aliphatic carbocycles. The number of nitrogens with one attached hydrogen (secondary N) is 1. The summed E-state index contributed by atoms with van der Waals surface area (Å²) >= 11 is 0. The highest BCUT2D eigenvalue weighted by atomic mass is 16.7. The number of hydroxylamine groups is 1. The number of carbonyl (C=O) groups excluding carboxylic acids is 4. The van der Waals surface area contributed by atoms with Gasteiger partial charge in [0.05, 0.1) is 11.3 Å².